The summed E-state index contributed by atoms with van der Waals surface area (Å²) in [7, 11) is 0. The van der Waals surface area contributed by atoms with Crippen LogP contribution in [0.25, 0.3) is 0 Å². The number of azo groups is 1. The number of carbonyl (C=O) groups excluding carboxylic acids is 2. The third-order valence-electron chi connectivity index (χ3n) is 3.63. The lowest BCUT2D eigenvalue weighted by Gasteiger charge is -2.12. The first-order valence-electron chi connectivity index (χ1n) is 7.30. The van der Waals surface area contributed by atoms with Gasteiger partial charge in [0.25, 0.3) is 5.91 Å². The van der Waals surface area contributed by atoms with Gasteiger partial charge in [-0.05, 0) is 38.1 Å². The fraction of sp³-hybridized carbons (Fsp3) is 0.235. The highest BCUT2D eigenvalue weighted by molar-refractivity contribution is 6.18. The topological polar surface area (TPSA) is 74.5 Å². The standard InChI is InChI=1S/C17H16N4O2/c1-11-8-9-15(22)14(10-11)18-19-16-12(2)20-21(17(16)23)13-6-4-3-5-7-13/h3-10,14,16H,1-2H3. The van der Waals surface area contributed by atoms with Crippen LogP contribution in [0.1, 0.15) is 13.8 Å². The van der Waals surface area contributed by atoms with E-state index in [1.165, 1.54) is 11.1 Å². The minimum absolute atomic E-state index is 0.140. The summed E-state index contributed by atoms with van der Waals surface area (Å²) in [4.78, 5) is 24.3. The monoisotopic (exact) mass is 308 g/mol. The van der Waals surface area contributed by atoms with Gasteiger partial charge >= 0.3 is 0 Å². The molecular weight excluding hydrogens is 292 g/mol. The molecule has 0 radical (unpaired) electrons. The predicted molar refractivity (Wildman–Crippen MR) is 87.4 cm³/mol. The zero-order valence-electron chi connectivity index (χ0n) is 12.9. The Balaban J connectivity index is 1.78. The molecule has 1 aromatic rings. The number of rotatable bonds is 3. The second kappa shape index (κ2) is 6.08. The lowest BCUT2D eigenvalue weighted by Crippen LogP contribution is -2.30. The van der Waals surface area contributed by atoms with E-state index in [-0.39, 0.29) is 11.7 Å². The summed E-state index contributed by atoms with van der Waals surface area (Å²) in [5, 5.41) is 13.7. The Hall–Kier alpha value is -2.89. The summed E-state index contributed by atoms with van der Waals surface area (Å²) in [5.41, 5.74) is 2.19. The van der Waals surface area contributed by atoms with Gasteiger partial charge in [-0.1, -0.05) is 29.8 Å². The van der Waals surface area contributed by atoms with Crippen LogP contribution in [0.4, 0.5) is 5.69 Å². The fourth-order valence-electron chi connectivity index (χ4n) is 2.37. The number of allylic oxidation sites excluding steroid dienone is 2. The van der Waals surface area contributed by atoms with Crippen molar-refractivity contribution in [2.45, 2.75) is 25.9 Å². The molecule has 1 heterocycles. The van der Waals surface area contributed by atoms with Crippen LogP contribution >= 0.6 is 0 Å². The summed E-state index contributed by atoms with van der Waals surface area (Å²) in [6, 6.07) is 7.71. The Morgan fingerprint density at radius 1 is 1.04 bits per heavy atom. The van der Waals surface area contributed by atoms with Gasteiger partial charge in [0.2, 0.25) is 0 Å². The van der Waals surface area contributed by atoms with Crippen LogP contribution in [0.2, 0.25) is 0 Å². The molecule has 0 saturated heterocycles. The Bertz CT molecular complexity index is 762. The molecular formula is C17H16N4O2. The number of hydrogen-bond donors (Lipinski definition) is 0. The first-order chi connectivity index (χ1) is 11.1. The molecule has 116 valence electrons. The number of carbonyl (C=O) groups is 2. The predicted octanol–water partition coefficient (Wildman–Crippen LogP) is 2.68. The maximum Gasteiger partial charge on any atom is 0.280 e. The van der Waals surface area contributed by atoms with Crippen molar-refractivity contribution in [2.24, 2.45) is 15.3 Å². The highest BCUT2D eigenvalue weighted by atomic mass is 16.2. The van der Waals surface area contributed by atoms with Crippen LogP contribution in [0.15, 0.2) is 69.5 Å². The summed E-state index contributed by atoms with van der Waals surface area (Å²) < 4.78 is 0. The van der Waals surface area contributed by atoms with Gasteiger partial charge in [-0.2, -0.15) is 20.3 Å². The lowest BCUT2D eigenvalue weighted by molar-refractivity contribution is -0.118. The normalized spacial score (nSPS) is 24.3. The number of para-hydroxylation sites is 1. The van der Waals surface area contributed by atoms with E-state index >= 15 is 0 Å². The molecule has 0 N–H and O–H groups in total. The molecule has 1 aliphatic heterocycles. The summed E-state index contributed by atoms with van der Waals surface area (Å²) >= 11 is 0. The van der Waals surface area contributed by atoms with Crippen molar-refractivity contribution in [2.75, 3.05) is 5.01 Å². The molecule has 6 heteroatoms. The van der Waals surface area contributed by atoms with E-state index in [1.54, 1.807) is 31.2 Å². The van der Waals surface area contributed by atoms with E-state index in [0.29, 0.717) is 11.4 Å². The molecule has 0 fully saturated rings. The second-order valence-electron chi connectivity index (χ2n) is 5.45. The molecule has 6 nitrogen and oxygen atoms in total. The Labute approximate surface area is 133 Å². The number of anilines is 1. The Kier molecular flexibility index (Phi) is 3.97. The van der Waals surface area contributed by atoms with Crippen molar-refractivity contribution in [1.82, 2.24) is 0 Å². The van der Waals surface area contributed by atoms with Gasteiger partial charge in [0, 0.05) is 0 Å². The first kappa shape index (κ1) is 15.0. The van der Waals surface area contributed by atoms with Gasteiger partial charge in [0.1, 0.15) is 0 Å². The molecule has 1 aliphatic carbocycles. The van der Waals surface area contributed by atoms with Crippen molar-refractivity contribution >= 4 is 23.1 Å². The van der Waals surface area contributed by atoms with Crippen molar-refractivity contribution in [3.63, 3.8) is 0 Å². The summed E-state index contributed by atoms with van der Waals surface area (Å²) in [6.07, 6.45) is 4.94. The molecule has 23 heavy (non-hydrogen) atoms. The third kappa shape index (κ3) is 3.01. The average Bonchev–Trinajstić information content (AvgIpc) is 2.84. The number of hydrogen-bond acceptors (Lipinski definition) is 5. The van der Waals surface area contributed by atoms with Crippen LogP contribution in [0.3, 0.4) is 0 Å². The molecule has 2 atom stereocenters. The minimum Gasteiger partial charge on any atom is -0.292 e. The molecule has 1 aromatic carbocycles. The number of nitrogens with zero attached hydrogens (tertiary/aromatic N) is 4. The third-order valence-corrected chi connectivity index (χ3v) is 3.63. The van der Waals surface area contributed by atoms with Gasteiger partial charge in [-0.3, -0.25) is 9.59 Å². The summed E-state index contributed by atoms with van der Waals surface area (Å²) in [6.45, 7) is 3.62. The number of amides is 1. The Morgan fingerprint density at radius 3 is 2.52 bits per heavy atom. The van der Waals surface area contributed by atoms with E-state index in [9.17, 15) is 9.59 Å². The number of ketones is 1. The van der Waals surface area contributed by atoms with Crippen LogP contribution in [0, 0.1) is 0 Å². The van der Waals surface area contributed by atoms with E-state index in [0.717, 1.165) is 5.57 Å². The molecule has 0 spiro atoms. The zero-order valence-corrected chi connectivity index (χ0v) is 12.9. The van der Waals surface area contributed by atoms with Crippen molar-refractivity contribution < 1.29 is 9.59 Å². The average molecular weight is 308 g/mol. The van der Waals surface area contributed by atoms with Gasteiger partial charge in [0.15, 0.2) is 17.9 Å². The molecule has 1 amide bonds. The van der Waals surface area contributed by atoms with E-state index < -0.39 is 12.1 Å². The van der Waals surface area contributed by atoms with Gasteiger partial charge in [0.05, 0.1) is 11.4 Å². The highest BCUT2D eigenvalue weighted by Gasteiger charge is 2.35. The number of benzene rings is 1. The summed E-state index contributed by atoms with van der Waals surface area (Å²) in [5.74, 6) is -0.406. The molecule has 0 bridgehead atoms. The van der Waals surface area contributed by atoms with Crippen LogP contribution < -0.4 is 5.01 Å². The van der Waals surface area contributed by atoms with Crippen molar-refractivity contribution in [3.8, 4) is 0 Å². The van der Waals surface area contributed by atoms with Gasteiger partial charge in [-0.25, -0.2) is 0 Å². The smallest absolute Gasteiger partial charge is 0.280 e. The molecule has 0 saturated carbocycles. The van der Waals surface area contributed by atoms with Crippen LogP contribution in [0.5, 0.6) is 0 Å². The van der Waals surface area contributed by atoms with Crippen molar-refractivity contribution in [1.29, 1.82) is 0 Å². The SMILES string of the molecule is CC1=CC(N=NC2C(=O)N(c3ccccc3)N=C2C)C(=O)C=C1. The quantitative estimate of drug-likeness (QED) is 0.805. The second-order valence-corrected chi connectivity index (χ2v) is 5.45. The maximum absolute atomic E-state index is 12.5. The molecule has 0 aromatic heterocycles. The lowest BCUT2D eigenvalue weighted by atomic mass is 10.0. The fourth-order valence-corrected chi connectivity index (χ4v) is 2.37. The van der Waals surface area contributed by atoms with Crippen molar-refractivity contribution in [3.05, 3.63) is 54.1 Å². The number of hydrazone groups is 1. The maximum atomic E-state index is 12.5. The van der Waals surface area contributed by atoms with Gasteiger partial charge < -0.3 is 0 Å². The van der Waals surface area contributed by atoms with Gasteiger partial charge in [-0.15, -0.1) is 0 Å². The molecule has 2 aliphatic rings. The first-order valence-corrected chi connectivity index (χ1v) is 7.30. The van der Waals surface area contributed by atoms with E-state index in [2.05, 4.69) is 15.3 Å². The zero-order chi connectivity index (χ0) is 16.4. The van der Waals surface area contributed by atoms with E-state index in [4.69, 9.17) is 0 Å². The highest BCUT2D eigenvalue weighted by Crippen LogP contribution is 2.22. The van der Waals surface area contributed by atoms with E-state index in [1.807, 2.05) is 25.1 Å². The van der Waals surface area contributed by atoms with Crippen LogP contribution in [-0.4, -0.2) is 29.5 Å². The van der Waals surface area contributed by atoms with Crippen LogP contribution in [-0.2, 0) is 9.59 Å². The molecule has 2 unspecified atom stereocenters. The minimum atomic E-state index is -0.775. The molecule has 3 rings (SSSR count). The Morgan fingerprint density at radius 2 is 1.78 bits per heavy atom. The largest absolute Gasteiger partial charge is 0.292 e.